The lowest BCUT2D eigenvalue weighted by atomic mass is 9.98. The lowest BCUT2D eigenvalue weighted by molar-refractivity contribution is -0.140. The fraction of sp³-hybridized carbons (Fsp3) is 0.455. The molecular formula is C11H13F4N. The van der Waals surface area contributed by atoms with E-state index < -0.39 is 24.5 Å². The first-order valence-electron chi connectivity index (χ1n) is 4.83. The van der Waals surface area contributed by atoms with Gasteiger partial charge in [-0.2, -0.15) is 13.2 Å². The van der Waals surface area contributed by atoms with Crippen LogP contribution in [-0.4, -0.2) is 13.2 Å². The largest absolute Gasteiger partial charge is 0.390 e. The Kier molecular flexibility index (Phi) is 3.91. The summed E-state index contributed by atoms with van der Waals surface area (Å²) >= 11 is 0. The minimum atomic E-state index is -4.24. The van der Waals surface area contributed by atoms with E-state index >= 15 is 0 Å². The zero-order valence-electron chi connectivity index (χ0n) is 9.03. The number of alkyl halides is 3. The molecule has 0 fully saturated rings. The van der Waals surface area contributed by atoms with Gasteiger partial charge in [-0.05, 0) is 37.2 Å². The molecule has 1 N–H and O–H groups in total. The fourth-order valence-corrected chi connectivity index (χ4v) is 1.63. The first-order valence-corrected chi connectivity index (χ1v) is 4.83. The van der Waals surface area contributed by atoms with Crippen molar-refractivity contribution in [2.24, 2.45) is 0 Å². The van der Waals surface area contributed by atoms with Crippen molar-refractivity contribution >= 4 is 0 Å². The minimum Gasteiger partial charge on any atom is -0.313 e. The van der Waals surface area contributed by atoms with E-state index in [9.17, 15) is 17.6 Å². The van der Waals surface area contributed by atoms with Crippen molar-refractivity contribution in [3.8, 4) is 0 Å². The summed E-state index contributed by atoms with van der Waals surface area (Å²) < 4.78 is 49.6. The van der Waals surface area contributed by atoms with E-state index in [4.69, 9.17) is 0 Å². The molecule has 1 aromatic carbocycles. The van der Waals surface area contributed by atoms with Crippen LogP contribution >= 0.6 is 0 Å². The zero-order chi connectivity index (χ0) is 12.3. The molecular weight excluding hydrogens is 222 g/mol. The summed E-state index contributed by atoms with van der Waals surface area (Å²) in [5.74, 6) is -0.442. The third-order valence-corrected chi connectivity index (χ3v) is 2.39. The molecule has 0 spiro atoms. The summed E-state index contributed by atoms with van der Waals surface area (Å²) in [7, 11) is 1.46. The van der Waals surface area contributed by atoms with Crippen molar-refractivity contribution in [1.82, 2.24) is 5.32 Å². The molecule has 0 heterocycles. The van der Waals surface area contributed by atoms with Gasteiger partial charge in [-0.25, -0.2) is 4.39 Å². The molecule has 0 amide bonds. The second kappa shape index (κ2) is 4.82. The van der Waals surface area contributed by atoms with Crippen LogP contribution in [-0.2, 0) is 0 Å². The zero-order valence-corrected chi connectivity index (χ0v) is 9.03. The Balaban J connectivity index is 2.95. The van der Waals surface area contributed by atoms with E-state index in [0.29, 0.717) is 11.1 Å². The number of benzene rings is 1. The van der Waals surface area contributed by atoms with Gasteiger partial charge < -0.3 is 5.32 Å². The number of nitrogens with one attached hydrogen (secondary N) is 1. The van der Waals surface area contributed by atoms with Crippen molar-refractivity contribution < 1.29 is 17.6 Å². The third-order valence-electron chi connectivity index (χ3n) is 2.39. The van der Waals surface area contributed by atoms with Gasteiger partial charge in [0.05, 0.1) is 6.42 Å². The van der Waals surface area contributed by atoms with Crippen LogP contribution in [0.25, 0.3) is 0 Å². The van der Waals surface area contributed by atoms with Crippen LogP contribution in [0.3, 0.4) is 0 Å². The van der Waals surface area contributed by atoms with Gasteiger partial charge in [-0.1, -0.05) is 6.07 Å². The number of halogens is 4. The van der Waals surface area contributed by atoms with Gasteiger partial charge in [-0.3, -0.25) is 0 Å². The first-order chi connectivity index (χ1) is 7.33. The van der Waals surface area contributed by atoms with Crippen LogP contribution in [0.4, 0.5) is 17.6 Å². The number of aryl methyl sites for hydroxylation is 1. The topological polar surface area (TPSA) is 12.0 Å². The highest BCUT2D eigenvalue weighted by Crippen LogP contribution is 2.30. The normalized spacial score (nSPS) is 13.9. The van der Waals surface area contributed by atoms with E-state index in [1.165, 1.54) is 25.2 Å². The number of rotatable bonds is 3. The molecule has 0 aliphatic carbocycles. The van der Waals surface area contributed by atoms with E-state index in [1.54, 1.807) is 6.92 Å². The average molecular weight is 235 g/mol. The standard InChI is InChI=1S/C11H13F4N/c1-7-5-8(12)3-4-9(7)10(16-2)6-11(13,14)15/h3-5,10,16H,6H2,1-2H3. The molecule has 1 unspecified atom stereocenters. The maximum atomic E-state index is 12.8. The van der Waals surface area contributed by atoms with Crippen LogP contribution in [0.2, 0.25) is 0 Å². The van der Waals surface area contributed by atoms with E-state index in [-0.39, 0.29) is 0 Å². The van der Waals surface area contributed by atoms with Crippen LogP contribution in [0.1, 0.15) is 23.6 Å². The molecule has 0 saturated carbocycles. The lowest BCUT2D eigenvalue weighted by Crippen LogP contribution is -2.24. The maximum absolute atomic E-state index is 12.8. The quantitative estimate of drug-likeness (QED) is 0.792. The van der Waals surface area contributed by atoms with Gasteiger partial charge in [0, 0.05) is 6.04 Å². The summed E-state index contributed by atoms with van der Waals surface area (Å²) in [6.45, 7) is 1.60. The molecule has 90 valence electrons. The predicted octanol–water partition coefficient (Wildman–Crippen LogP) is 3.35. The second-order valence-electron chi connectivity index (χ2n) is 3.66. The van der Waals surface area contributed by atoms with Crippen LogP contribution < -0.4 is 5.32 Å². The smallest absolute Gasteiger partial charge is 0.313 e. The molecule has 0 radical (unpaired) electrons. The van der Waals surface area contributed by atoms with Crippen molar-refractivity contribution in [3.63, 3.8) is 0 Å². The molecule has 0 aliphatic rings. The fourth-order valence-electron chi connectivity index (χ4n) is 1.63. The first kappa shape index (κ1) is 13.0. The highest BCUT2D eigenvalue weighted by atomic mass is 19.4. The number of hydrogen-bond acceptors (Lipinski definition) is 1. The summed E-state index contributed by atoms with van der Waals surface area (Å²) in [5.41, 5.74) is 0.991. The lowest BCUT2D eigenvalue weighted by Gasteiger charge is -2.20. The van der Waals surface area contributed by atoms with Gasteiger partial charge in [0.25, 0.3) is 0 Å². The van der Waals surface area contributed by atoms with Crippen LogP contribution in [0.5, 0.6) is 0 Å². The molecule has 1 atom stereocenters. The molecule has 5 heteroatoms. The Bertz CT molecular complexity index is 359. The predicted molar refractivity (Wildman–Crippen MR) is 53.6 cm³/mol. The molecule has 0 bridgehead atoms. The molecule has 1 aromatic rings. The van der Waals surface area contributed by atoms with Crippen molar-refractivity contribution in [1.29, 1.82) is 0 Å². The molecule has 0 aliphatic heterocycles. The molecule has 1 nitrogen and oxygen atoms in total. The summed E-state index contributed by atoms with van der Waals surface area (Å²) in [5, 5.41) is 2.59. The monoisotopic (exact) mass is 235 g/mol. The minimum absolute atomic E-state index is 0.442. The maximum Gasteiger partial charge on any atom is 0.390 e. The van der Waals surface area contributed by atoms with Gasteiger partial charge in [0.1, 0.15) is 5.82 Å². The van der Waals surface area contributed by atoms with Gasteiger partial charge in [-0.15, -0.1) is 0 Å². The van der Waals surface area contributed by atoms with Crippen LogP contribution in [0, 0.1) is 12.7 Å². The van der Waals surface area contributed by atoms with E-state index in [0.717, 1.165) is 0 Å². The van der Waals surface area contributed by atoms with Crippen molar-refractivity contribution in [2.75, 3.05) is 7.05 Å². The van der Waals surface area contributed by atoms with E-state index in [2.05, 4.69) is 5.32 Å². The summed E-state index contributed by atoms with van der Waals surface area (Å²) in [6, 6.07) is 2.96. The third kappa shape index (κ3) is 3.48. The average Bonchev–Trinajstić information content (AvgIpc) is 2.13. The van der Waals surface area contributed by atoms with Crippen LogP contribution in [0.15, 0.2) is 18.2 Å². The Morgan fingerprint density at radius 3 is 2.38 bits per heavy atom. The molecule has 0 saturated heterocycles. The summed E-state index contributed by atoms with van der Waals surface area (Å²) in [6.07, 6.45) is -5.20. The Morgan fingerprint density at radius 1 is 1.31 bits per heavy atom. The Labute approximate surface area is 91.5 Å². The second-order valence-corrected chi connectivity index (χ2v) is 3.66. The Hall–Kier alpha value is -1.10. The summed E-state index contributed by atoms with van der Waals surface area (Å²) in [4.78, 5) is 0. The molecule has 1 rings (SSSR count). The van der Waals surface area contributed by atoms with Gasteiger partial charge in [0.15, 0.2) is 0 Å². The van der Waals surface area contributed by atoms with Crippen molar-refractivity contribution in [2.45, 2.75) is 25.6 Å². The SMILES string of the molecule is CNC(CC(F)(F)F)c1ccc(F)cc1C. The number of hydrogen-bond donors (Lipinski definition) is 1. The van der Waals surface area contributed by atoms with Crippen molar-refractivity contribution in [3.05, 3.63) is 35.1 Å². The van der Waals surface area contributed by atoms with E-state index in [1.807, 2.05) is 0 Å². The van der Waals surface area contributed by atoms with Gasteiger partial charge >= 0.3 is 6.18 Å². The highest BCUT2D eigenvalue weighted by Gasteiger charge is 2.32. The van der Waals surface area contributed by atoms with Gasteiger partial charge in [0.2, 0.25) is 0 Å². The highest BCUT2D eigenvalue weighted by molar-refractivity contribution is 5.29. The molecule has 16 heavy (non-hydrogen) atoms. The molecule has 0 aromatic heterocycles. The Morgan fingerprint density at radius 2 is 1.94 bits per heavy atom.